The van der Waals surface area contributed by atoms with Crippen LogP contribution in [0, 0.1) is 4.77 Å². The molecule has 1 saturated heterocycles. The van der Waals surface area contributed by atoms with Crippen molar-refractivity contribution >= 4 is 29.0 Å². The molecule has 2 aromatic carbocycles. The molecule has 0 bridgehead atoms. The van der Waals surface area contributed by atoms with Gasteiger partial charge in [-0.3, -0.25) is 14.6 Å². The second kappa shape index (κ2) is 6.29. The fraction of sp³-hybridized carbons (Fsp3) is 0.211. The number of hydrogen-bond donors (Lipinski definition) is 2. The highest BCUT2D eigenvalue weighted by molar-refractivity contribution is 7.71. The number of rotatable bonds is 2. The number of amides is 1. The Kier molecular flexibility index (Phi) is 3.97. The molecular formula is C19H17N3O2S. The molecule has 0 aliphatic carbocycles. The maximum absolute atomic E-state index is 13.0. The maximum Gasteiger partial charge on any atom is 0.259 e. The Bertz CT molecular complexity index is 1060. The van der Waals surface area contributed by atoms with Crippen LogP contribution in [0.1, 0.15) is 34.8 Å². The first-order valence-corrected chi connectivity index (χ1v) is 8.66. The third kappa shape index (κ3) is 2.89. The van der Waals surface area contributed by atoms with Gasteiger partial charge in [-0.25, -0.2) is 0 Å². The van der Waals surface area contributed by atoms with Crippen LogP contribution < -0.4 is 5.56 Å². The normalized spacial score (nSPS) is 17.1. The van der Waals surface area contributed by atoms with E-state index in [0.717, 1.165) is 24.9 Å². The molecule has 0 radical (unpaired) electrons. The van der Waals surface area contributed by atoms with E-state index in [1.165, 1.54) is 0 Å². The van der Waals surface area contributed by atoms with E-state index in [4.69, 9.17) is 12.2 Å². The number of fused-ring (bicyclic) bond motifs is 1. The minimum atomic E-state index is -0.249. The highest BCUT2D eigenvalue weighted by Crippen LogP contribution is 2.33. The highest BCUT2D eigenvalue weighted by Gasteiger charge is 2.30. The Labute approximate surface area is 149 Å². The van der Waals surface area contributed by atoms with Gasteiger partial charge in [0.2, 0.25) is 0 Å². The predicted molar refractivity (Wildman–Crippen MR) is 99.2 cm³/mol. The summed E-state index contributed by atoms with van der Waals surface area (Å²) in [7, 11) is 0. The molecule has 1 fully saturated rings. The Morgan fingerprint density at radius 1 is 1.12 bits per heavy atom. The SMILES string of the molecule is O=C(c1ccc2c(=O)[nH]c(=S)[nH]c2c1)N1CCC[C@H]1c1ccccc1. The Morgan fingerprint density at radius 3 is 2.72 bits per heavy atom. The molecule has 1 amide bonds. The van der Waals surface area contributed by atoms with Gasteiger partial charge in [0.15, 0.2) is 4.77 Å². The molecule has 25 heavy (non-hydrogen) atoms. The molecule has 0 spiro atoms. The number of carbonyl (C=O) groups excluding carboxylic acids is 1. The summed E-state index contributed by atoms with van der Waals surface area (Å²) in [4.78, 5) is 32.4. The lowest BCUT2D eigenvalue weighted by Crippen LogP contribution is -2.30. The van der Waals surface area contributed by atoms with E-state index < -0.39 is 0 Å². The van der Waals surface area contributed by atoms with Gasteiger partial charge in [0.25, 0.3) is 11.5 Å². The van der Waals surface area contributed by atoms with Gasteiger partial charge in [0, 0.05) is 12.1 Å². The van der Waals surface area contributed by atoms with Crippen LogP contribution in [0.3, 0.4) is 0 Å². The number of hydrogen-bond acceptors (Lipinski definition) is 3. The largest absolute Gasteiger partial charge is 0.332 e. The average Bonchev–Trinajstić information content (AvgIpc) is 3.11. The summed E-state index contributed by atoms with van der Waals surface area (Å²) in [5.74, 6) is -0.0205. The van der Waals surface area contributed by atoms with E-state index in [9.17, 15) is 9.59 Å². The van der Waals surface area contributed by atoms with Gasteiger partial charge in [-0.05, 0) is 48.8 Å². The number of benzene rings is 2. The molecule has 126 valence electrons. The quantitative estimate of drug-likeness (QED) is 0.694. The lowest BCUT2D eigenvalue weighted by Gasteiger charge is -2.25. The van der Waals surface area contributed by atoms with E-state index in [2.05, 4.69) is 22.1 Å². The summed E-state index contributed by atoms with van der Waals surface area (Å²) >= 11 is 5.02. The van der Waals surface area contributed by atoms with Crippen molar-refractivity contribution in [3.8, 4) is 0 Å². The van der Waals surface area contributed by atoms with Crippen molar-refractivity contribution in [1.82, 2.24) is 14.9 Å². The Hall–Kier alpha value is -2.73. The van der Waals surface area contributed by atoms with Crippen LogP contribution in [-0.4, -0.2) is 27.3 Å². The number of aromatic amines is 2. The first kappa shape index (κ1) is 15.8. The van der Waals surface area contributed by atoms with Crippen molar-refractivity contribution < 1.29 is 4.79 Å². The van der Waals surface area contributed by atoms with Crippen LogP contribution in [0.4, 0.5) is 0 Å². The van der Waals surface area contributed by atoms with E-state index in [1.807, 2.05) is 23.1 Å². The van der Waals surface area contributed by atoms with E-state index in [-0.39, 0.29) is 22.3 Å². The van der Waals surface area contributed by atoms with E-state index in [1.54, 1.807) is 18.2 Å². The highest BCUT2D eigenvalue weighted by atomic mass is 32.1. The van der Waals surface area contributed by atoms with Crippen molar-refractivity contribution in [2.24, 2.45) is 0 Å². The van der Waals surface area contributed by atoms with Crippen molar-refractivity contribution in [1.29, 1.82) is 0 Å². The second-order valence-electron chi connectivity index (χ2n) is 6.24. The smallest absolute Gasteiger partial charge is 0.259 e. The zero-order chi connectivity index (χ0) is 17.4. The number of nitrogens with zero attached hydrogens (tertiary/aromatic N) is 1. The van der Waals surface area contributed by atoms with E-state index in [0.29, 0.717) is 16.5 Å². The second-order valence-corrected chi connectivity index (χ2v) is 6.64. The first-order chi connectivity index (χ1) is 12.1. The fourth-order valence-electron chi connectivity index (χ4n) is 3.50. The van der Waals surface area contributed by atoms with Gasteiger partial charge >= 0.3 is 0 Å². The molecule has 1 atom stereocenters. The fourth-order valence-corrected chi connectivity index (χ4v) is 3.70. The number of carbonyl (C=O) groups is 1. The Morgan fingerprint density at radius 2 is 1.92 bits per heavy atom. The molecule has 1 aliphatic heterocycles. The van der Waals surface area contributed by atoms with Crippen LogP contribution in [0.5, 0.6) is 0 Å². The minimum absolute atomic E-state index is 0.0205. The minimum Gasteiger partial charge on any atom is -0.332 e. The summed E-state index contributed by atoms with van der Waals surface area (Å²) in [6.45, 7) is 0.738. The van der Waals surface area contributed by atoms with Gasteiger partial charge < -0.3 is 9.88 Å². The third-order valence-corrected chi connectivity index (χ3v) is 4.89. The first-order valence-electron chi connectivity index (χ1n) is 8.26. The lowest BCUT2D eigenvalue weighted by atomic mass is 10.0. The van der Waals surface area contributed by atoms with Crippen LogP contribution >= 0.6 is 12.2 Å². The van der Waals surface area contributed by atoms with Gasteiger partial charge in [-0.15, -0.1) is 0 Å². The zero-order valence-corrected chi connectivity index (χ0v) is 14.3. The zero-order valence-electron chi connectivity index (χ0n) is 13.5. The molecular weight excluding hydrogens is 334 g/mol. The molecule has 3 aromatic rings. The lowest BCUT2D eigenvalue weighted by molar-refractivity contribution is 0.0736. The number of likely N-dealkylation sites (tertiary alicyclic amines) is 1. The molecule has 6 heteroatoms. The molecule has 2 heterocycles. The van der Waals surface area contributed by atoms with Crippen molar-refractivity contribution in [3.05, 3.63) is 74.8 Å². The number of nitrogens with one attached hydrogen (secondary N) is 2. The van der Waals surface area contributed by atoms with Crippen LogP contribution in [0.15, 0.2) is 53.3 Å². The molecule has 1 aromatic heterocycles. The maximum atomic E-state index is 13.0. The topological polar surface area (TPSA) is 69.0 Å². The van der Waals surface area contributed by atoms with Crippen LogP contribution in [0.2, 0.25) is 0 Å². The molecule has 1 aliphatic rings. The molecule has 0 unspecified atom stereocenters. The molecule has 5 nitrogen and oxygen atoms in total. The van der Waals surface area contributed by atoms with Gasteiger partial charge in [-0.1, -0.05) is 30.3 Å². The average molecular weight is 351 g/mol. The molecule has 2 N–H and O–H groups in total. The van der Waals surface area contributed by atoms with Crippen molar-refractivity contribution in [2.75, 3.05) is 6.54 Å². The molecule has 4 rings (SSSR count). The monoisotopic (exact) mass is 351 g/mol. The van der Waals surface area contributed by atoms with Crippen molar-refractivity contribution in [3.63, 3.8) is 0 Å². The summed E-state index contributed by atoms with van der Waals surface area (Å²) < 4.78 is 0.255. The summed E-state index contributed by atoms with van der Waals surface area (Å²) in [5.41, 5.74) is 2.05. The number of H-pyrrole nitrogens is 2. The van der Waals surface area contributed by atoms with Crippen molar-refractivity contribution in [2.45, 2.75) is 18.9 Å². The predicted octanol–water partition coefficient (Wildman–Crippen LogP) is 3.56. The van der Waals surface area contributed by atoms with Gasteiger partial charge in [0.1, 0.15) is 0 Å². The Balaban J connectivity index is 1.72. The number of aromatic nitrogens is 2. The third-order valence-electron chi connectivity index (χ3n) is 4.68. The van der Waals surface area contributed by atoms with Crippen LogP contribution in [0.25, 0.3) is 10.9 Å². The summed E-state index contributed by atoms with van der Waals surface area (Å²) in [6, 6.07) is 15.3. The van der Waals surface area contributed by atoms with Gasteiger partial charge in [0.05, 0.1) is 16.9 Å². The standard InChI is InChI=1S/C19H17N3O2S/c23-17-14-9-8-13(11-15(14)20-19(25)21-17)18(24)22-10-4-7-16(22)12-5-2-1-3-6-12/h1-3,5-6,8-9,11,16H,4,7,10H2,(H2,20,21,23,25)/t16-/m0/s1. The molecule has 0 saturated carbocycles. The van der Waals surface area contributed by atoms with Crippen LogP contribution in [-0.2, 0) is 0 Å². The van der Waals surface area contributed by atoms with Gasteiger partial charge in [-0.2, -0.15) is 0 Å². The summed E-state index contributed by atoms with van der Waals surface area (Å²) in [6.07, 6.45) is 1.95. The van der Waals surface area contributed by atoms with E-state index >= 15 is 0 Å². The summed E-state index contributed by atoms with van der Waals surface area (Å²) in [5, 5.41) is 0.492.